The van der Waals surface area contributed by atoms with Crippen molar-refractivity contribution in [3.8, 4) is 5.75 Å². The number of primary sulfonamides is 1. The average molecular weight is 366 g/mol. The molecule has 0 aliphatic carbocycles. The molecule has 2 aromatic carbocycles. The molecule has 2 aromatic rings. The number of amides is 1. The van der Waals surface area contributed by atoms with Crippen molar-refractivity contribution in [3.63, 3.8) is 0 Å². The van der Waals surface area contributed by atoms with Gasteiger partial charge in [0.25, 0.3) is 5.91 Å². The molecule has 0 fully saturated rings. The molecule has 1 amide bonds. The molecule has 0 heterocycles. The number of ether oxygens (including phenoxy) is 1. The first-order chi connectivity index (χ1) is 11.3. The van der Waals surface area contributed by atoms with Crippen LogP contribution < -0.4 is 15.2 Å². The number of hydrogen-bond donors (Lipinski definition) is 2. The van der Waals surface area contributed by atoms with Crippen LogP contribution in [-0.4, -0.2) is 27.7 Å². The number of sulfonamides is 1. The first-order valence-corrected chi connectivity index (χ1v) is 9.74. The maximum Gasteiger partial charge on any atom is 0.255 e. The standard InChI is InChI=1S/C16H18N2O4S2/c1-22-15-9-12(23-2)5-8-14(15)16(19)18-10-11-3-6-13(7-4-11)24(17,20)21/h3-9H,10H2,1-2H3,(H,18,19)(H2,17,20,21). The Morgan fingerprint density at radius 2 is 1.88 bits per heavy atom. The zero-order valence-corrected chi connectivity index (χ0v) is 14.9. The Bertz CT molecular complexity index is 834. The summed E-state index contributed by atoms with van der Waals surface area (Å²) in [7, 11) is -2.20. The number of rotatable bonds is 6. The lowest BCUT2D eigenvalue weighted by Gasteiger charge is -2.11. The molecule has 3 N–H and O–H groups in total. The van der Waals surface area contributed by atoms with Crippen molar-refractivity contribution in [2.45, 2.75) is 16.3 Å². The molecule has 0 saturated carbocycles. The van der Waals surface area contributed by atoms with Gasteiger partial charge in [0, 0.05) is 11.4 Å². The minimum Gasteiger partial charge on any atom is -0.496 e. The van der Waals surface area contributed by atoms with Gasteiger partial charge in [-0.25, -0.2) is 13.6 Å². The monoisotopic (exact) mass is 366 g/mol. The number of nitrogens with one attached hydrogen (secondary N) is 1. The van der Waals surface area contributed by atoms with Gasteiger partial charge in [-0.15, -0.1) is 11.8 Å². The Hall–Kier alpha value is -2.03. The van der Waals surface area contributed by atoms with Gasteiger partial charge < -0.3 is 10.1 Å². The Morgan fingerprint density at radius 1 is 1.21 bits per heavy atom. The number of hydrogen-bond acceptors (Lipinski definition) is 5. The van der Waals surface area contributed by atoms with Gasteiger partial charge in [-0.05, 0) is 42.2 Å². The quantitative estimate of drug-likeness (QED) is 0.762. The topological polar surface area (TPSA) is 98.5 Å². The summed E-state index contributed by atoms with van der Waals surface area (Å²) in [6.07, 6.45) is 1.94. The number of methoxy groups -OCH3 is 1. The fourth-order valence-corrected chi connectivity index (χ4v) is 3.01. The van der Waals surface area contributed by atoms with Gasteiger partial charge in [0.1, 0.15) is 5.75 Å². The van der Waals surface area contributed by atoms with E-state index in [0.29, 0.717) is 11.3 Å². The minimum absolute atomic E-state index is 0.0342. The van der Waals surface area contributed by atoms with E-state index in [9.17, 15) is 13.2 Å². The second-order valence-corrected chi connectivity index (χ2v) is 7.38. The van der Waals surface area contributed by atoms with Crippen LogP contribution in [0.4, 0.5) is 0 Å². The van der Waals surface area contributed by atoms with Gasteiger partial charge in [0.15, 0.2) is 0 Å². The van der Waals surface area contributed by atoms with Crippen molar-refractivity contribution in [2.24, 2.45) is 5.14 Å². The van der Waals surface area contributed by atoms with Crippen molar-refractivity contribution in [3.05, 3.63) is 53.6 Å². The first-order valence-electron chi connectivity index (χ1n) is 6.97. The molecule has 6 nitrogen and oxygen atoms in total. The van der Waals surface area contributed by atoms with Crippen LogP contribution >= 0.6 is 11.8 Å². The predicted octanol–water partition coefficient (Wildman–Crippen LogP) is 1.99. The van der Waals surface area contributed by atoms with E-state index in [0.717, 1.165) is 10.5 Å². The summed E-state index contributed by atoms with van der Waals surface area (Å²) in [5.41, 5.74) is 1.20. The molecule has 0 unspecified atom stereocenters. The van der Waals surface area contributed by atoms with Crippen LogP contribution in [-0.2, 0) is 16.6 Å². The van der Waals surface area contributed by atoms with Crippen LogP contribution in [0.2, 0.25) is 0 Å². The normalized spacial score (nSPS) is 11.1. The molecule has 0 spiro atoms. The van der Waals surface area contributed by atoms with E-state index in [4.69, 9.17) is 9.88 Å². The SMILES string of the molecule is COc1cc(SC)ccc1C(=O)NCc1ccc(S(N)(=O)=O)cc1. The van der Waals surface area contributed by atoms with E-state index in [2.05, 4.69) is 5.32 Å². The highest BCUT2D eigenvalue weighted by atomic mass is 32.2. The maximum absolute atomic E-state index is 12.3. The average Bonchev–Trinajstić information content (AvgIpc) is 2.58. The Morgan fingerprint density at radius 3 is 2.42 bits per heavy atom. The predicted molar refractivity (Wildman–Crippen MR) is 93.8 cm³/mol. The summed E-state index contributed by atoms with van der Waals surface area (Å²) in [5.74, 6) is 0.235. The molecule has 0 saturated heterocycles. The van der Waals surface area contributed by atoms with Crippen LogP contribution in [0.15, 0.2) is 52.3 Å². The molecule has 8 heteroatoms. The van der Waals surface area contributed by atoms with Crippen LogP contribution in [0, 0.1) is 0 Å². The van der Waals surface area contributed by atoms with Gasteiger partial charge in [-0.1, -0.05) is 12.1 Å². The molecular weight excluding hydrogens is 348 g/mol. The molecule has 0 aromatic heterocycles. The highest BCUT2D eigenvalue weighted by Crippen LogP contribution is 2.25. The van der Waals surface area contributed by atoms with E-state index in [-0.39, 0.29) is 17.3 Å². The van der Waals surface area contributed by atoms with E-state index < -0.39 is 10.0 Å². The Balaban J connectivity index is 2.08. The largest absolute Gasteiger partial charge is 0.496 e. The first kappa shape index (κ1) is 18.3. The fraction of sp³-hybridized carbons (Fsp3) is 0.188. The van der Waals surface area contributed by atoms with Crippen LogP contribution in [0.3, 0.4) is 0 Å². The zero-order chi connectivity index (χ0) is 17.7. The molecule has 0 atom stereocenters. The van der Waals surface area contributed by atoms with E-state index in [1.807, 2.05) is 12.3 Å². The lowest BCUT2D eigenvalue weighted by atomic mass is 10.1. The Labute approximate surface area is 145 Å². The number of benzene rings is 2. The molecule has 0 bridgehead atoms. The van der Waals surface area contributed by atoms with Gasteiger partial charge in [-0.2, -0.15) is 0 Å². The smallest absolute Gasteiger partial charge is 0.255 e. The third kappa shape index (κ3) is 4.50. The number of carbonyl (C=O) groups is 1. The summed E-state index contributed by atoms with van der Waals surface area (Å²) >= 11 is 1.56. The fourth-order valence-electron chi connectivity index (χ4n) is 2.06. The molecule has 0 radical (unpaired) electrons. The van der Waals surface area contributed by atoms with Crippen LogP contribution in [0.1, 0.15) is 15.9 Å². The zero-order valence-electron chi connectivity index (χ0n) is 13.3. The lowest BCUT2D eigenvalue weighted by molar-refractivity contribution is 0.0947. The summed E-state index contributed by atoms with van der Waals surface area (Å²) in [5, 5.41) is 7.83. The number of nitrogens with two attached hydrogens (primary N) is 1. The van der Waals surface area contributed by atoms with Crippen LogP contribution in [0.5, 0.6) is 5.75 Å². The molecule has 2 rings (SSSR count). The minimum atomic E-state index is -3.72. The third-order valence-corrected chi connectivity index (χ3v) is 5.01. The molecular formula is C16H18N2O4S2. The van der Waals surface area contributed by atoms with Crippen molar-refractivity contribution >= 4 is 27.7 Å². The summed E-state index contributed by atoms with van der Waals surface area (Å²) in [6.45, 7) is 0.261. The van der Waals surface area contributed by atoms with Crippen molar-refractivity contribution in [2.75, 3.05) is 13.4 Å². The van der Waals surface area contributed by atoms with Gasteiger partial charge in [0.05, 0.1) is 17.6 Å². The molecule has 0 aliphatic rings. The maximum atomic E-state index is 12.3. The van der Waals surface area contributed by atoms with Crippen LogP contribution in [0.25, 0.3) is 0 Å². The van der Waals surface area contributed by atoms with Crippen molar-refractivity contribution in [1.29, 1.82) is 0 Å². The summed E-state index contributed by atoms with van der Waals surface area (Å²) in [6, 6.07) is 11.4. The van der Waals surface area contributed by atoms with E-state index >= 15 is 0 Å². The van der Waals surface area contributed by atoms with Crippen molar-refractivity contribution in [1.82, 2.24) is 5.32 Å². The highest BCUT2D eigenvalue weighted by Gasteiger charge is 2.13. The van der Waals surface area contributed by atoms with E-state index in [1.54, 1.807) is 36.0 Å². The second kappa shape index (κ2) is 7.69. The third-order valence-electron chi connectivity index (χ3n) is 3.36. The summed E-state index contributed by atoms with van der Waals surface area (Å²) < 4.78 is 27.7. The number of carbonyl (C=O) groups excluding carboxylic acids is 1. The molecule has 0 aliphatic heterocycles. The summed E-state index contributed by atoms with van der Waals surface area (Å²) in [4.78, 5) is 13.3. The van der Waals surface area contributed by atoms with Gasteiger partial charge in [0.2, 0.25) is 10.0 Å². The number of thioether (sulfide) groups is 1. The highest BCUT2D eigenvalue weighted by molar-refractivity contribution is 7.98. The van der Waals surface area contributed by atoms with Gasteiger partial charge in [-0.3, -0.25) is 4.79 Å². The Kier molecular flexibility index (Phi) is 5.87. The van der Waals surface area contributed by atoms with Gasteiger partial charge >= 0.3 is 0 Å². The lowest BCUT2D eigenvalue weighted by Crippen LogP contribution is -2.23. The molecule has 128 valence electrons. The van der Waals surface area contributed by atoms with E-state index in [1.165, 1.54) is 19.2 Å². The molecule has 24 heavy (non-hydrogen) atoms. The second-order valence-electron chi connectivity index (χ2n) is 4.94. The van der Waals surface area contributed by atoms with Crippen molar-refractivity contribution < 1.29 is 17.9 Å².